The topological polar surface area (TPSA) is 67.1 Å². The summed E-state index contributed by atoms with van der Waals surface area (Å²) in [7, 11) is 0. The lowest BCUT2D eigenvalue weighted by molar-refractivity contribution is 0.442. The number of hydrogen-bond donors (Lipinski definition) is 2. The van der Waals surface area contributed by atoms with E-state index in [-0.39, 0.29) is 11.5 Å². The Kier molecular flexibility index (Phi) is 3.71. The van der Waals surface area contributed by atoms with Crippen LogP contribution < -0.4 is 16.0 Å². The lowest BCUT2D eigenvalue weighted by Crippen LogP contribution is -2.26. The lowest BCUT2D eigenvalue weighted by atomic mass is 9.97. The zero-order chi connectivity index (χ0) is 13.2. The molecule has 0 bridgehead atoms. The number of nitrogens with two attached hydrogens (primary N) is 1. The fourth-order valence-electron chi connectivity index (χ4n) is 1.99. The second-order valence-electron chi connectivity index (χ2n) is 6.21. The van der Waals surface area contributed by atoms with Crippen LogP contribution in [0.5, 0.6) is 0 Å². The average molecular weight is 249 g/mol. The van der Waals surface area contributed by atoms with Gasteiger partial charge in [0.25, 0.3) is 0 Å². The third-order valence-corrected chi connectivity index (χ3v) is 3.03. The Bertz CT molecular complexity index is 399. The first-order valence-electron chi connectivity index (χ1n) is 6.51. The molecule has 100 valence electrons. The van der Waals surface area contributed by atoms with Crippen LogP contribution in [0.3, 0.4) is 0 Å². The van der Waals surface area contributed by atoms with Gasteiger partial charge in [0, 0.05) is 31.7 Å². The molecule has 2 heterocycles. The number of aromatic nitrogens is 2. The van der Waals surface area contributed by atoms with E-state index < -0.39 is 0 Å². The van der Waals surface area contributed by atoms with Crippen molar-refractivity contribution in [2.24, 2.45) is 11.1 Å². The fourth-order valence-corrected chi connectivity index (χ4v) is 1.99. The average Bonchev–Trinajstić information content (AvgIpc) is 2.73. The molecule has 0 unspecified atom stereocenters. The zero-order valence-corrected chi connectivity index (χ0v) is 11.5. The molecule has 0 aliphatic carbocycles. The fraction of sp³-hybridized carbons (Fsp3) is 0.692. The van der Waals surface area contributed by atoms with Crippen molar-refractivity contribution in [1.82, 2.24) is 10.2 Å². The van der Waals surface area contributed by atoms with Gasteiger partial charge in [-0.05, 0) is 11.8 Å². The van der Waals surface area contributed by atoms with Crippen molar-refractivity contribution in [1.29, 1.82) is 0 Å². The van der Waals surface area contributed by atoms with E-state index in [1.165, 1.54) is 0 Å². The van der Waals surface area contributed by atoms with Crippen LogP contribution in [0.2, 0.25) is 0 Å². The molecule has 1 aromatic heterocycles. The third kappa shape index (κ3) is 3.57. The van der Waals surface area contributed by atoms with Gasteiger partial charge in [-0.25, -0.2) is 0 Å². The van der Waals surface area contributed by atoms with Gasteiger partial charge >= 0.3 is 0 Å². The molecule has 1 saturated heterocycles. The third-order valence-electron chi connectivity index (χ3n) is 3.03. The first kappa shape index (κ1) is 13.1. The van der Waals surface area contributed by atoms with Crippen LogP contribution in [0.1, 0.15) is 27.2 Å². The minimum Gasteiger partial charge on any atom is -0.369 e. The van der Waals surface area contributed by atoms with Crippen molar-refractivity contribution < 1.29 is 0 Å². The van der Waals surface area contributed by atoms with Crippen LogP contribution in [-0.2, 0) is 0 Å². The van der Waals surface area contributed by atoms with Gasteiger partial charge in [-0.15, -0.1) is 5.10 Å². The van der Waals surface area contributed by atoms with E-state index in [1.807, 2.05) is 0 Å². The molecule has 0 spiro atoms. The minimum atomic E-state index is 0.230. The summed E-state index contributed by atoms with van der Waals surface area (Å²) in [6.07, 6.45) is 2.85. The lowest BCUT2D eigenvalue weighted by Gasteiger charge is -2.21. The summed E-state index contributed by atoms with van der Waals surface area (Å²) in [6.45, 7) is 9.37. The van der Waals surface area contributed by atoms with Crippen molar-refractivity contribution in [2.75, 3.05) is 29.9 Å². The van der Waals surface area contributed by atoms with Crippen LogP contribution >= 0.6 is 0 Å². The van der Waals surface area contributed by atoms with Gasteiger partial charge in [0.15, 0.2) is 5.82 Å². The molecule has 1 aromatic rings. The van der Waals surface area contributed by atoms with Gasteiger partial charge in [0.1, 0.15) is 0 Å². The molecule has 0 amide bonds. The summed E-state index contributed by atoms with van der Waals surface area (Å²) in [5.41, 5.74) is 7.26. The van der Waals surface area contributed by atoms with E-state index in [2.05, 4.69) is 47.3 Å². The maximum absolute atomic E-state index is 5.92. The van der Waals surface area contributed by atoms with Crippen molar-refractivity contribution in [3.05, 3.63) is 12.3 Å². The van der Waals surface area contributed by atoms with Crippen LogP contribution in [-0.4, -0.2) is 35.9 Å². The second kappa shape index (κ2) is 5.10. The minimum absolute atomic E-state index is 0.230. The van der Waals surface area contributed by atoms with Crippen LogP contribution in [0.15, 0.2) is 12.3 Å². The van der Waals surface area contributed by atoms with Gasteiger partial charge in [-0.3, -0.25) is 0 Å². The number of anilines is 2. The molecular formula is C13H23N5. The predicted octanol–water partition coefficient (Wildman–Crippen LogP) is 1.47. The Morgan fingerprint density at radius 2 is 2.28 bits per heavy atom. The molecule has 1 aliphatic rings. The molecule has 0 radical (unpaired) electrons. The number of nitrogens with zero attached hydrogens (tertiary/aromatic N) is 3. The molecule has 0 saturated carbocycles. The molecule has 0 aromatic carbocycles. The maximum atomic E-state index is 5.92. The molecule has 5 nitrogen and oxygen atoms in total. The Hall–Kier alpha value is -1.36. The largest absolute Gasteiger partial charge is 0.369 e. The van der Waals surface area contributed by atoms with Crippen LogP contribution in [0.4, 0.5) is 11.5 Å². The van der Waals surface area contributed by atoms with Gasteiger partial charge in [0.05, 0.1) is 11.9 Å². The van der Waals surface area contributed by atoms with E-state index >= 15 is 0 Å². The normalized spacial score (nSPS) is 20.2. The van der Waals surface area contributed by atoms with Crippen molar-refractivity contribution in [2.45, 2.75) is 33.2 Å². The van der Waals surface area contributed by atoms with E-state index in [9.17, 15) is 0 Å². The second-order valence-corrected chi connectivity index (χ2v) is 6.21. The highest BCUT2D eigenvalue weighted by Gasteiger charge is 2.20. The highest BCUT2D eigenvalue weighted by molar-refractivity contribution is 5.52. The summed E-state index contributed by atoms with van der Waals surface area (Å²) in [5.74, 6) is 0.836. The molecule has 18 heavy (non-hydrogen) atoms. The first-order valence-corrected chi connectivity index (χ1v) is 6.51. The van der Waals surface area contributed by atoms with Crippen molar-refractivity contribution >= 4 is 11.5 Å². The smallest absolute Gasteiger partial charge is 0.150 e. The standard InChI is InChI=1S/C13H23N5/c1-13(2,3)9-15-12-6-11(7-16-17-12)18-5-4-10(14)8-18/h6-7,10H,4-5,8-9,14H2,1-3H3,(H,15,17)/t10-/m1/s1. The van der Waals surface area contributed by atoms with Crippen LogP contribution in [0.25, 0.3) is 0 Å². The highest BCUT2D eigenvalue weighted by atomic mass is 15.2. The molecule has 1 atom stereocenters. The van der Waals surface area contributed by atoms with E-state index in [4.69, 9.17) is 5.73 Å². The SMILES string of the molecule is CC(C)(C)CNc1cc(N2CC[C@@H](N)C2)cnn1. The van der Waals surface area contributed by atoms with Gasteiger partial charge in [-0.1, -0.05) is 20.8 Å². The molecule has 1 aliphatic heterocycles. The monoisotopic (exact) mass is 249 g/mol. The predicted molar refractivity (Wildman–Crippen MR) is 74.8 cm³/mol. The maximum Gasteiger partial charge on any atom is 0.150 e. The highest BCUT2D eigenvalue weighted by Crippen LogP contribution is 2.21. The summed E-state index contributed by atoms with van der Waals surface area (Å²) in [4.78, 5) is 2.27. The summed E-state index contributed by atoms with van der Waals surface area (Å²) < 4.78 is 0. The molecule has 1 fully saturated rings. The molecule has 5 heteroatoms. The number of nitrogens with one attached hydrogen (secondary N) is 1. The number of hydrogen-bond acceptors (Lipinski definition) is 5. The van der Waals surface area contributed by atoms with Gasteiger partial charge in [-0.2, -0.15) is 5.10 Å². The quantitative estimate of drug-likeness (QED) is 0.849. The zero-order valence-electron chi connectivity index (χ0n) is 11.5. The van der Waals surface area contributed by atoms with E-state index in [0.717, 1.165) is 37.6 Å². The summed E-state index contributed by atoms with van der Waals surface area (Å²) >= 11 is 0. The summed E-state index contributed by atoms with van der Waals surface area (Å²) in [6, 6.07) is 2.33. The number of rotatable bonds is 3. The van der Waals surface area contributed by atoms with Crippen molar-refractivity contribution in [3.63, 3.8) is 0 Å². The summed E-state index contributed by atoms with van der Waals surface area (Å²) in [5, 5.41) is 11.5. The van der Waals surface area contributed by atoms with E-state index in [1.54, 1.807) is 6.20 Å². The van der Waals surface area contributed by atoms with Gasteiger partial charge < -0.3 is 16.0 Å². The van der Waals surface area contributed by atoms with Crippen molar-refractivity contribution in [3.8, 4) is 0 Å². The Morgan fingerprint density at radius 3 is 2.89 bits per heavy atom. The molecular weight excluding hydrogens is 226 g/mol. The molecule has 3 N–H and O–H groups in total. The van der Waals surface area contributed by atoms with E-state index in [0.29, 0.717) is 0 Å². The van der Waals surface area contributed by atoms with Crippen LogP contribution in [0, 0.1) is 5.41 Å². The Balaban J connectivity index is 2.01. The Labute approximate surface area is 109 Å². The molecule has 2 rings (SSSR count). The Morgan fingerprint density at radius 1 is 1.50 bits per heavy atom. The first-order chi connectivity index (χ1) is 8.44. The van der Waals surface area contributed by atoms with Gasteiger partial charge in [0.2, 0.25) is 0 Å².